The molecule has 6 nitrogen and oxygen atoms in total. The molecular formula is C21H19F3N2O4. The van der Waals surface area contributed by atoms with E-state index in [1.54, 1.807) is 6.07 Å². The molecule has 0 aliphatic heterocycles. The fourth-order valence-corrected chi connectivity index (χ4v) is 2.67. The number of esters is 1. The minimum absolute atomic E-state index is 0.0126. The van der Waals surface area contributed by atoms with Crippen LogP contribution in [0.1, 0.15) is 29.8 Å². The lowest BCUT2D eigenvalue weighted by molar-refractivity contribution is -0.137. The first-order valence-corrected chi connectivity index (χ1v) is 8.69. The number of ether oxygens (including phenoxy) is 1. The van der Waals surface area contributed by atoms with E-state index in [1.165, 1.54) is 44.2 Å². The third kappa shape index (κ3) is 5.69. The first kappa shape index (κ1) is 22.7. The number of aliphatic hydroxyl groups excluding tert-OH is 1. The summed E-state index contributed by atoms with van der Waals surface area (Å²) in [5, 5.41) is 20.2. The zero-order valence-corrected chi connectivity index (χ0v) is 16.1. The highest BCUT2D eigenvalue weighted by Gasteiger charge is 2.30. The van der Waals surface area contributed by atoms with Crippen molar-refractivity contribution in [1.29, 1.82) is 5.41 Å². The molecule has 0 bridgehead atoms. The van der Waals surface area contributed by atoms with Gasteiger partial charge in [0.2, 0.25) is 0 Å². The molecule has 9 heteroatoms. The van der Waals surface area contributed by atoms with Crippen LogP contribution < -0.4 is 5.32 Å². The minimum atomic E-state index is -4.51. The number of hydrogen-bond acceptors (Lipinski definition) is 6. The number of carbonyl (C=O) groups is 2. The van der Waals surface area contributed by atoms with Gasteiger partial charge in [-0.25, -0.2) is 4.79 Å². The average Bonchev–Trinajstić information content (AvgIpc) is 2.65. The fourth-order valence-electron chi connectivity index (χ4n) is 2.67. The van der Waals surface area contributed by atoms with Crippen molar-refractivity contribution < 1.29 is 32.6 Å². The highest BCUT2D eigenvalue weighted by Crippen LogP contribution is 2.32. The molecule has 0 saturated carbocycles. The molecule has 30 heavy (non-hydrogen) atoms. The number of carbonyl (C=O) groups excluding carboxylic acids is 2. The maximum atomic E-state index is 12.9. The molecule has 0 aromatic heterocycles. The molecule has 158 valence electrons. The van der Waals surface area contributed by atoms with Crippen molar-refractivity contribution in [2.24, 2.45) is 0 Å². The Hall–Kier alpha value is -3.62. The van der Waals surface area contributed by atoms with Crippen molar-refractivity contribution >= 4 is 28.8 Å². The second-order valence-corrected chi connectivity index (χ2v) is 6.33. The van der Waals surface area contributed by atoms with Gasteiger partial charge < -0.3 is 20.6 Å². The molecule has 0 radical (unpaired) electrons. The van der Waals surface area contributed by atoms with Crippen LogP contribution >= 0.6 is 0 Å². The van der Waals surface area contributed by atoms with Crippen LogP contribution in [-0.4, -0.2) is 29.2 Å². The van der Waals surface area contributed by atoms with Crippen LogP contribution in [0.5, 0.6) is 0 Å². The SMILES string of the molecule is CC(=N)/C(C(C)=O)=C(\O)COC(=O)c1ccccc1Nc1cccc(C(F)(F)F)c1. The molecule has 2 aromatic rings. The molecular weight excluding hydrogens is 401 g/mol. The second kappa shape index (κ2) is 9.25. The Labute approximate surface area is 170 Å². The number of para-hydroxylation sites is 1. The van der Waals surface area contributed by atoms with Gasteiger partial charge in [0.25, 0.3) is 0 Å². The summed E-state index contributed by atoms with van der Waals surface area (Å²) >= 11 is 0. The lowest BCUT2D eigenvalue weighted by Crippen LogP contribution is -2.15. The van der Waals surface area contributed by atoms with Crippen molar-refractivity contribution in [1.82, 2.24) is 0 Å². The topological polar surface area (TPSA) is 99.5 Å². The zero-order valence-electron chi connectivity index (χ0n) is 16.1. The first-order chi connectivity index (χ1) is 14.0. The number of hydrogen-bond donors (Lipinski definition) is 3. The van der Waals surface area contributed by atoms with Crippen LogP contribution in [0.2, 0.25) is 0 Å². The Balaban J connectivity index is 2.23. The van der Waals surface area contributed by atoms with Gasteiger partial charge in [0.05, 0.1) is 22.4 Å². The van der Waals surface area contributed by atoms with E-state index in [2.05, 4.69) is 5.32 Å². The van der Waals surface area contributed by atoms with Crippen LogP contribution in [0.25, 0.3) is 0 Å². The molecule has 2 rings (SSSR count). The van der Waals surface area contributed by atoms with Crippen LogP contribution in [0.3, 0.4) is 0 Å². The first-order valence-electron chi connectivity index (χ1n) is 8.69. The minimum Gasteiger partial charge on any atom is -0.508 e. The van der Waals surface area contributed by atoms with Gasteiger partial charge in [0, 0.05) is 11.4 Å². The molecule has 0 atom stereocenters. The molecule has 2 aromatic carbocycles. The van der Waals surface area contributed by atoms with Crippen molar-refractivity contribution in [3.05, 3.63) is 71.0 Å². The van der Waals surface area contributed by atoms with Crippen molar-refractivity contribution in [2.45, 2.75) is 20.0 Å². The van der Waals surface area contributed by atoms with Gasteiger partial charge in [0.15, 0.2) is 5.78 Å². The summed E-state index contributed by atoms with van der Waals surface area (Å²) in [5.74, 6) is -1.99. The maximum Gasteiger partial charge on any atom is 0.416 e. The van der Waals surface area contributed by atoms with E-state index in [-0.39, 0.29) is 28.2 Å². The third-order valence-corrected chi connectivity index (χ3v) is 3.97. The van der Waals surface area contributed by atoms with E-state index < -0.39 is 35.9 Å². The lowest BCUT2D eigenvalue weighted by Gasteiger charge is -2.14. The smallest absolute Gasteiger partial charge is 0.416 e. The molecule has 0 unspecified atom stereocenters. The Morgan fingerprint density at radius 3 is 2.37 bits per heavy atom. The molecule has 0 fully saturated rings. The number of ketones is 1. The van der Waals surface area contributed by atoms with Gasteiger partial charge in [-0.2, -0.15) is 13.2 Å². The van der Waals surface area contributed by atoms with E-state index in [1.807, 2.05) is 0 Å². The highest BCUT2D eigenvalue weighted by molar-refractivity contribution is 6.20. The predicted octanol–water partition coefficient (Wildman–Crippen LogP) is 5.05. The van der Waals surface area contributed by atoms with Gasteiger partial charge in [0.1, 0.15) is 12.4 Å². The molecule has 0 saturated heterocycles. The number of alkyl halides is 3. The monoisotopic (exact) mass is 420 g/mol. The van der Waals surface area contributed by atoms with Crippen LogP contribution in [-0.2, 0) is 15.7 Å². The van der Waals surface area contributed by atoms with E-state index in [4.69, 9.17) is 10.1 Å². The molecule has 3 N–H and O–H groups in total. The normalized spacial score (nSPS) is 12.0. The quantitative estimate of drug-likeness (QED) is 0.252. The second-order valence-electron chi connectivity index (χ2n) is 6.33. The Morgan fingerprint density at radius 2 is 1.77 bits per heavy atom. The summed E-state index contributed by atoms with van der Waals surface area (Å²) in [6, 6.07) is 10.5. The molecule has 0 spiro atoms. The summed E-state index contributed by atoms with van der Waals surface area (Å²) < 4.78 is 43.7. The average molecular weight is 420 g/mol. The largest absolute Gasteiger partial charge is 0.508 e. The number of benzene rings is 2. The van der Waals surface area contributed by atoms with E-state index in [0.29, 0.717) is 0 Å². The predicted molar refractivity (Wildman–Crippen MR) is 105 cm³/mol. The standard InChI is InChI=1S/C21H19F3N2O4/c1-12(25)19(13(2)27)18(28)11-30-20(29)16-8-3-4-9-17(16)26-15-7-5-6-14(10-15)21(22,23)24/h3-10,25-26,28H,11H2,1-2H3/b19-18+,25-12?. The fraction of sp³-hybridized carbons (Fsp3) is 0.190. The van der Waals surface area contributed by atoms with Gasteiger partial charge in [-0.1, -0.05) is 18.2 Å². The number of allylic oxidation sites excluding steroid dienone is 1. The number of halogens is 3. The van der Waals surface area contributed by atoms with Crippen molar-refractivity contribution in [3.63, 3.8) is 0 Å². The van der Waals surface area contributed by atoms with Crippen LogP contribution in [0.15, 0.2) is 59.9 Å². The summed E-state index contributed by atoms with van der Waals surface area (Å²) in [5.41, 5.74) is -0.952. The lowest BCUT2D eigenvalue weighted by atomic mass is 10.1. The van der Waals surface area contributed by atoms with Gasteiger partial charge >= 0.3 is 12.1 Å². The van der Waals surface area contributed by atoms with E-state index in [0.717, 1.165) is 12.1 Å². The maximum absolute atomic E-state index is 12.9. The van der Waals surface area contributed by atoms with Gasteiger partial charge in [-0.15, -0.1) is 0 Å². The molecule has 0 heterocycles. The Morgan fingerprint density at radius 1 is 1.10 bits per heavy atom. The number of Topliss-reactive ketones (excluding diaryl/α,β-unsaturated/α-hetero) is 1. The number of nitrogens with one attached hydrogen (secondary N) is 2. The number of anilines is 2. The van der Waals surface area contributed by atoms with Crippen LogP contribution in [0.4, 0.5) is 24.5 Å². The Bertz CT molecular complexity index is 997. The third-order valence-electron chi connectivity index (χ3n) is 3.97. The summed E-state index contributed by atoms with van der Waals surface area (Å²) in [4.78, 5) is 23.9. The number of aliphatic hydroxyl groups is 1. The zero-order chi connectivity index (χ0) is 22.5. The molecule has 0 aliphatic carbocycles. The van der Waals surface area contributed by atoms with Crippen LogP contribution in [0, 0.1) is 5.41 Å². The summed E-state index contributed by atoms with van der Waals surface area (Å²) in [6.07, 6.45) is -4.51. The summed E-state index contributed by atoms with van der Waals surface area (Å²) in [6.45, 7) is 1.84. The van der Waals surface area contributed by atoms with Gasteiger partial charge in [-0.05, 0) is 44.2 Å². The van der Waals surface area contributed by atoms with Crippen molar-refractivity contribution in [2.75, 3.05) is 11.9 Å². The highest BCUT2D eigenvalue weighted by atomic mass is 19.4. The van der Waals surface area contributed by atoms with Gasteiger partial charge in [-0.3, -0.25) is 4.79 Å². The molecule has 0 aliphatic rings. The van der Waals surface area contributed by atoms with E-state index >= 15 is 0 Å². The van der Waals surface area contributed by atoms with E-state index in [9.17, 15) is 27.9 Å². The summed E-state index contributed by atoms with van der Waals surface area (Å²) in [7, 11) is 0. The molecule has 0 amide bonds. The number of rotatable bonds is 7. The van der Waals surface area contributed by atoms with Crippen molar-refractivity contribution in [3.8, 4) is 0 Å². The Kier molecular flexibility index (Phi) is 6.99.